The number of nitrogens with two attached hydrogens (primary N) is 1. The predicted molar refractivity (Wildman–Crippen MR) is 52.9 cm³/mol. The number of halogens is 1. The van der Waals surface area contributed by atoms with Crippen LogP contribution < -0.4 is 5.73 Å². The Kier molecular flexibility index (Phi) is 2.88. The third-order valence-corrected chi connectivity index (χ3v) is 2.28. The van der Waals surface area contributed by atoms with Gasteiger partial charge < -0.3 is 10.6 Å². The molecule has 0 unspecified atom stereocenters. The molecular formula is C10H15FN2. The predicted octanol–water partition coefficient (Wildman–Crippen LogP) is 2.03. The van der Waals surface area contributed by atoms with Gasteiger partial charge in [0.2, 0.25) is 0 Å². The minimum atomic E-state index is -0.341. The zero-order valence-corrected chi connectivity index (χ0v) is 8.21. The van der Waals surface area contributed by atoms with Gasteiger partial charge >= 0.3 is 0 Å². The standard InChI is InChI=1S/C10H15FN2/c1-7(13(2)3)8-4-5-10(12)9(11)6-8/h4-7H,12H2,1-3H3/t7-/m1/s1. The Bertz CT molecular complexity index is 297. The maximum atomic E-state index is 13.1. The third kappa shape index (κ3) is 2.18. The molecule has 2 nitrogen and oxygen atoms in total. The number of nitrogen functional groups attached to an aromatic ring is 1. The lowest BCUT2D eigenvalue weighted by Crippen LogP contribution is -2.16. The largest absolute Gasteiger partial charge is 0.396 e. The topological polar surface area (TPSA) is 29.3 Å². The fraction of sp³-hybridized carbons (Fsp3) is 0.400. The van der Waals surface area contributed by atoms with E-state index < -0.39 is 0 Å². The summed E-state index contributed by atoms with van der Waals surface area (Å²) in [6.45, 7) is 2.02. The quantitative estimate of drug-likeness (QED) is 0.709. The Morgan fingerprint density at radius 1 is 1.38 bits per heavy atom. The van der Waals surface area contributed by atoms with Crippen LogP contribution in [0.3, 0.4) is 0 Å². The highest BCUT2D eigenvalue weighted by Gasteiger charge is 2.09. The van der Waals surface area contributed by atoms with Crippen LogP contribution in [-0.4, -0.2) is 19.0 Å². The van der Waals surface area contributed by atoms with Crippen LogP contribution in [0.15, 0.2) is 18.2 Å². The minimum absolute atomic E-state index is 0.203. The van der Waals surface area contributed by atoms with Crippen LogP contribution in [0.5, 0.6) is 0 Å². The van der Waals surface area contributed by atoms with Gasteiger partial charge in [-0.15, -0.1) is 0 Å². The first-order valence-electron chi connectivity index (χ1n) is 4.23. The average molecular weight is 182 g/mol. The lowest BCUT2D eigenvalue weighted by atomic mass is 10.1. The van der Waals surface area contributed by atoms with Gasteiger partial charge in [0.15, 0.2) is 0 Å². The highest BCUT2D eigenvalue weighted by atomic mass is 19.1. The lowest BCUT2D eigenvalue weighted by Gasteiger charge is -2.20. The maximum Gasteiger partial charge on any atom is 0.146 e. The molecule has 0 aliphatic carbocycles. The Morgan fingerprint density at radius 3 is 2.46 bits per heavy atom. The van der Waals surface area contributed by atoms with Crippen LogP contribution in [0.2, 0.25) is 0 Å². The summed E-state index contributed by atoms with van der Waals surface area (Å²) in [5.41, 5.74) is 6.52. The van der Waals surface area contributed by atoms with Gasteiger partial charge in [-0.25, -0.2) is 4.39 Å². The average Bonchev–Trinajstić information content (AvgIpc) is 2.08. The molecule has 0 spiro atoms. The maximum absolute atomic E-state index is 13.1. The Balaban J connectivity index is 2.97. The van der Waals surface area contributed by atoms with E-state index in [0.29, 0.717) is 0 Å². The van der Waals surface area contributed by atoms with Crippen LogP contribution in [0.1, 0.15) is 18.5 Å². The number of anilines is 1. The Morgan fingerprint density at radius 2 is 2.00 bits per heavy atom. The van der Waals surface area contributed by atoms with Crippen molar-refractivity contribution in [3.05, 3.63) is 29.6 Å². The fourth-order valence-corrected chi connectivity index (χ4v) is 1.10. The number of benzene rings is 1. The van der Waals surface area contributed by atoms with Gasteiger partial charge in [-0.3, -0.25) is 0 Å². The minimum Gasteiger partial charge on any atom is -0.396 e. The molecule has 1 atom stereocenters. The Labute approximate surface area is 78.2 Å². The first-order chi connectivity index (χ1) is 6.02. The van der Waals surface area contributed by atoms with Crippen molar-refractivity contribution in [3.63, 3.8) is 0 Å². The van der Waals surface area contributed by atoms with Crippen molar-refractivity contribution in [2.75, 3.05) is 19.8 Å². The van der Waals surface area contributed by atoms with Crippen LogP contribution >= 0.6 is 0 Å². The number of rotatable bonds is 2. The van der Waals surface area contributed by atoms with Crippen LogP contribution in [0, 0.1) is 5.82 Å². The number of hydrogen-bond donors (Lipinski definition) is 1. The van der Waals surface area contributed by atoms with Gasteiger partial charge in [0.25, 0.3) is 0 Å². The van der Waals surface area contributed by atoms with Crippen molar-refractivity contribution >= 4 is 5.69 Å². The summed E-state index contributed by atoms with van der Waals surface area (Å²) in [6.07, 6.45) is 0. The monoisotopic (exact) mass is 182 g/mol. The van der Waals surface area contributed by atoms with E-state index in [9.17, 15) is 4.39 Å². The van der Waals surface area contributed by atoms with E-state index in [-0.39, 0.29) is 17.5 Å². The molecular weight excluding hydrogens is 167 g/mol. The number of nitrogens with zero attached hydrogens (tertiary/aromatic N) is 1. The van der Waals surface area contributed by atoms with Gasteiger partial charge in [0.05, 0.1) is 5.69 Å². The van der Waals surface area contributed by atoms with E-state index in [1.165, 1.54) is 6.07 Å². The van der Waals surface area contributed by atoms with E-state index in [4.69, 9.17) is 5.73 Å². The number of hydrogen-bond acceptors (Lipinski definition) is 2. The van der Waals surface area contributed by atoms with Crippen LogP contribution in [0.4, 0.5) is 10.1 Å². The van der Waals surface area contributed by atoms with E-state index >= 15 is 0 Å². The zero-order chi connectivity index (χ0) is 10.0. The second-order valence-corrected chi connectivity index (χ2v) is 3.42. The van der Waals surface area contributed by atoms with Crippen molar-refractivity contribution in [2.45, 2.75) is 13.0 Å². The van der Waals surface area contributed by atoms with E-state index in [1.807, 2.05) is 32.0 Å². The molecule has 72 valence electrons. The molecule has 3 heteroatoms. The molecule has 0 aliphatic rings. The van der Waals surface area contributed by atoms with Gasteiger partial charge in [-0.05, 0) is 38.7 Å². The molecule has 13 heavy (non-hydrogen) atoms. The lowest BCUT2D eigenvalue weighted by molar-refractivity contribution is 0.320. The molecule has 0 aliphatic heterocycles. The first kappa shape index (κ1) is 9.99. The highest BCUT2D eigenvalue weighted by Crippen LogP contribution is 2.20. The molecule has 0 heterocycles. The van der Waals surface area contributed by atoms with Crippen molar-refractivity contribution in [1.82, 2.24) is 4.90 Å². The zero-order valence-electron chi connectivity index (χ0n) is 8.21. The molecule has 1 aromatic carbocycles. The molecule has 0 bridgehead atoms. The third-order valence-electron chi connectivity index (χ3n) is 2.28. The summed E-state index contributed by atoms with van der Waals surface area (Å²) in [5, 5.41) is 0. The fourth-order valence-electron chi connectivity index (χ4n) is 1.10. The van der Waals surface area contributed by atoms with Crippen LogP contribution in [-0.2, 0) is 0 Å². The summed E-state index contributed by atoms with van der Waals surface area (Å²) in [6, 6.07) is 5.14. The molecule has 1 rings (SSSR count). The Hall–Kier alpha value is -1.09. The van der Waals surface area contributed by atoms with Gasteiger partial charge in [-0.1, -0.05) is 6.07 Å². The normalized spacial score (nSPS) is 13.3. The second-order valence-electron chi connectivity index (χ2n) is 3.42. The van der Waals surface area contributed by atoms with Crippen molar-refractivity contribution in [3.8, 4) is 0 Å². The van der Waals surface area contributed by atoms with Gasteiger partial charge in [0.1, 0.15) is 5.82 Å². The molecule has 0 aromatic heterocycles. The molecule has 0 saturated carbocycles. The summed E-state index contributed by atoms with van der Waals surface area (Å²) in [7, 11) is 3.91. The summed E-state index contributed by atoms with van der Waals surface area (Å²) < 4.78 is 13.1. The molecule has 0 amide bonds. The highest BCUT2D eigenvalue weighted by molar-refractivity contribution is 5.41. The molecule has 2 N–H and O–H groups in total. The van der Waals surface area contributed by atoms with Crippen molar-refractivity contribution in [2.24, 2.45) is 0 Å². The van der Waals surface area contributed by atoms with Crippen molar-refractivity contribution < 1.29 is 4.39 Å². The van der Waals surface area contributed by atoms with Crippen molar-refractivity contribution in [1.29, 1.82) is 0 Å². The summed E-state index contributed by atoms with van der Waals surface area (Å²) in [4.78, 5) is 2.02. The van der Waals surface area contributed by atoms with E-state index in [0.717, 1.165) is 5.56 Å². The van der Waals surface area contributed by atoms with E-state index in [1.54, 1.807) is 6.07 Å². The first-order valence-corrected chi connectivity index (χ1v) is 4.23. The van der Waals surface area contributed by atoms with Crippen LogP contribution in [0.25, 0.3) is 0 Å². The molecule has 0 saturated heterocycles. The SMILES string of the molecule is C[C@H](c1ccc(N)c(F)c1)N(C)C. The van der Waals surface area contributed by atoms with Gasteiger partial charge in [0, 0.05) is 6.04 Å². The second kappa shape index (κ2) is 3.75. The molecule has 0 radical (unpaired) electrons. The van der Waals surface area contributed by atoms with E-state index in [2.05, 4.69) is 0 Å². The van der Waals surface area contributed by atoms with Gasteiger partial charge in [-0.2, -0.15) is 0 Å². The smallest absolute Gasteiger partial charge is 0.146 e. The summed E-state index contributed by atoms with van der Waals surface area (Å²) >= 11 is 0. The molecule has 1 aromatic rings. The summed E-state index contributed by atoms with van der Waals surface area (Å²) in [5.74, 6) is -0.341. The molecule has 0 fully saturated rings.